The molecule has 0 bridgehead atoms. The number of piperidine rings is 1. The fourth-order valence-electron chi connectivity index (χ4n) is 3.03. The summed E-state index contributed by atoms with van der Waals surface area (Å²) >= 11 is 0. The van der Waals surface area contributed by atoms with E-state index in [1.807, 2.05) is 25.1 Å². The van der Waals surface area contributed by atoms with Crippen molar-refractivity contribution in [2.24, 2.45) is 5.92 Å². The Morgan fingerprint density at radius 3 is 2.92 bits per heavy atom. The van der Waals surface area contributed by atoms with Crippen LogP contribution < -0.4 is 15.4 Å². The number of halogens is 1. The summed E-state index contributed by atoms with van der Waals surface area (Å²) in [5.74, 6) is 1.02. The number of amides is 1. The first-order valence-electron chi connectivity index (χ1n) is 8.30. The standard InChI is InChI=1S/C18H24N4O2.ClH/c1-12-4-5-17(24-3)16(10-12)22-9-7-15(21-22)18(23)20-14-6-8-19-11-13(14)2;/h4-5,7,9-10,13-14,19H,6,8,11H2,1-3H3,(H,20,23);1H. The van der Waals surface area contributed by atoms with Crippen molar-refractivity contribution in [2.45, 2.75) is 26.3 Å². The summed E-state index contributed by atoms with van der Waals surface area (Å²) in [6.45, 7) is 6.02. The Balaban J connectivity index is 0.00000225. The molecule has 0 radical (unpaired) electrons. The SMILES string of the molecule is COc1ccc(C)cc1-n1ccc(C(=O)NC2CCNCC2C)n1.Cl. The van der Waals surface area contributed by atoms with Gasteiger partial charge in [0.05, 0.1) is 7.11 Å². The Morgan fingerprint density at radius 2 is 2.20 bits per heavy atom. The maximum Gasteiger partial charge on any atom is 0.272 e. The van der Waals surface area contributed by atoms with Gasteiger partial charge < -0.3 is 15.4 Å². The molecule has 6 nitrogen and oxygen atoms in total. The van der Waals surface area contributed by atoms with Gasteiger partial charge in [-0.1, -0.05) is 13.0 Å². The first-order chi connectivity index (χ1) is 11.6. The van der Waals surface area contributed by atoms with Crippen molar-refractivity contribution in [3.63, 3.8) is 0 Å². The molecule has 3 rings (SSSR count). The topological polar surface area (TPSA) is 68.2 Å². The molecule has 1 fully saturated rings. The maximum absolute atomic E-state index is 12.5. The van der Waals surface area contributed by atoms with Gasteiger partial charge in [-0.25, -0.2) is 4.68 Å². The van der Waals surface area contributed by atoms with Gasteiger partial charge in [-0.3, -0.25) is 4.79 Å². The molecule has 1 amide bonds. The van der Waals surface area contributed by atoms with Crippen LogP contribution in [-0.2, 0) is 0 Å². The number of aromatic nitrogens is 2. The highest BCUT2D eigenvalue weighted by Crippen LogP contribution is 2.23. The van der Waals surface area contributed by atoms with Gasteiger partial charge in [0.25, 0.3) is 5.91 Å². The Bertz CT molecular complexity index is 732. The van der Waals surface area contributed by atoms with Crippen molar-refractivity contribution in [1.29, 1.82) is 0 Å². The van der Waals surface area contributed by atoms with Crippen LogP contribution >= 0.6 is 12.4 Å². The second kappa shape index (κ2) is 8.36. The maximum atomic E-state index is 12.5. The predicted octanol–water partition coefficient (Wildman–Crippen LogP) is 2.34. The quantitative estimate of drug-likeness (QED) is 0.873. The van der Waals surface area contributed by atoms with Crippen LogP contribution in [0.25, 0.3) is 5.69 Å². The van der Waals surface area contributed by atoms with Crippen LogP contribution in [0.2, 0.25) is 0 Å². The Labute approximate surface area is 154 Å². The summed E-state index contributed by atoms with van der Waals surface area (Å²) in [6.07, 6.45) is 2.73. The fraction of sp³-hybridized carbons (Fsp3) is 0.444. The summed E-state index contributed by atoms with van der Waals surface area (Å²) in [4.78, 5) is 12.5. The van der Waals surface area contributed by atoms with E-state index in [0.29, 0.717) is 11.6 Å². The van der Waals surface area contributed by atoms with E-state index in [1.54, 1.807) is 24.1 Å². The zero-order valence-electron chi connectivity index (χ0n) is 14.8. The molecular weight excluding hydrogens is 340 g/mol. The number of carbonyl (C=O) groups is 1. The van der Waals surface area contributed by atoms with Crippen LogP contribution in [0.15, 0.2) is 30.5 Å². The Kier molecular flexibility index (Phi) is 6.45. The predicted molar refractivity (Wildman–Crippen MR) is 100 cm³/mol. The highest BCUT2D eigenvalue weighted by molar-refractivity contribution is 5.92. The summed E-state index contributed by atoms with van der Waals surface area (Å²) in [5.41, 5.74) is 2.35. The van der Waals surface area contributed by atoms with Gasteiger partial charge in [0, 0.05) is 12.2 Å². The van der Waals surface area contributed by atoms with Crippen molar-refractivity contribution in [3.8, 4) is 11.4 Å². The van der Waals surface area contributed by atoms with Crippen molar-refractivity contribution < 1.29 is 9.53 Å². The number of carbonyl (C=O) groups excluding carboxylic acids is 1. The zero-order chi connectivity index (χ0) is 17.1. The lowest BCUT2D eigenvalue weighted by atomic mass is 9.95. The third-order valence-corrected chi connectivity index (χ3v) is 4.50. The molecule has 7 heteroatoms. The van der Waals surface area contributed by atoms with Crippen molar-refractivity contribution in [2.75, 3.05) is 20.2 Å². The molecule has 2 unspecified atom stereocenters. The van der Waals surface area contributed by atoms with Crippen LogP contribution in [0.4, 0.5) is 0 Å². The Hall–Kier alpha value is -2.05. The number of benzene rings is 1. The van der Waals surface area contributed by atoms with E-state index in [9.17, 15) is 4.79 Å². The summed E-state index contributed by atoms with van der Waals surface area (Å²) < 4.78 is 7.08. The minimum atomic E-state index is -0.126. The van der Waals surface area contributed by atoms with E-state index in [0.717, 1.165) is 36.5 Å². The van der Waals surface area contributed by atoms with Gasteiger partial charge >= 0.3 is 0 Å². The highest BCUT2D eigenvalue weighted by atomic mass is 35.5. The molecule has 1 aromatic carbocycles. The van der Waals surface area contributed by atoms with E-state index in [-0.39, 0.29) is 24.4 Å². The molecule has 0 saturated carbocycles. The van der Waals surface area contributed by atoms with Gasteiger partial charge in [0.15, 0.2) is 5.69 Å². The van der Waals surface area contributed by atoms with Crippen LogP contribution in [0.1, 0.15) is 29.4 Å². The number of hydrogen-bond donors (Lipinski definition) is 2. The summed E-state index contributed by atoms with van der Waals surface area (Å²) in [5, 5.41) is 10.9. The monoisotopic (exact) mass is 364 g/mol. The number of methoxy groups -OCH3 is 1. The third-order valence-electron chi connectivity index (χ3n) is 4.50. The fourth-order valence-corrected chi connectivity index (χ4v) is 3.03. The molecule has 1 aliphatic rings. The Morgan fingerprint density at radius 1 is 1.40 bits per heavy atom. The van der Waals surface area contributed by atoms with E-state index < -0.39 is 0 Å². The van der Waals surface area contributed by atoms with Gasteiger partial charge in [-0.15, -0.1) is 12.4 Å². The lowest BCUT2D eigenvalue weighted by Gasteiger charge is -2.29. The minimum absolute atomic E-state index is 0. The molecule has 0 spiro atoms. The van der Waals surface area contributed by atoms with Gasteiger partial charge in [-0.2, -0.15) is 5.10 Å². The molecule has 2 aromatic rings. The first kappa shape index (κ1) is 19.3. The van der Waals surface area contributed by atoms with Crippen molar-refractivity contribution in [3.05, 3.63) is 41.7 Å². The molecular formula is C18H25ClN4O2. The van der Waals surface area contributed by atoms with E-state index in [2.05, 4.69) is 22.7 Å². The molecule has 0 aliphatic carbocycles. The molecule has 2 atom stereocenters. The second-order valence-electron chi connectivity index (χ2n) is 6.37. The minimum Gasteiger partial charge on any atom is -0.494 e. The van der Waals surface area contributed by atoms with Crippen molar-refractivity contribution >= 4 is 18.3 Å². The van der Waals surface area contributed by atoms with Crippen LogP contribution in [-0.4, -0.2) is 41.9 Å². The van der Waals surface area contributed by atoms with E-state index in [1.165, 1.54) is 0 Å². The number of aryl methyl sites for hydroxylation is 1. The largest absolute Gasteiger partial charge is 0.494 e. The average molecular weight is 365 g/mol. The zero-order valence-corrected chi connectivity index (χ0v) is 15.6. The highest BCUT2D eigenvalue weighted by Gasteiger charge is 2.24. The molecule has 2 N–H and O–H groups in total. The smallest absolute Gasteiger partial charge is 0.272 e. The molecule has 25 heavy (non-hydrogen) atoms. The molecule has 2 heterocycles. The van der Waals surface area contributed by atoms with Gasteiger partial charge in [-0.05, 0) is 56.1 Å². The number of ether oxygens (including phenoxy) is 1. The molecule has 1 aliphatic heterocycles. The number of rotatable bonds is 4. The van der Waals surface area contributed by atoms with Crippen LogP contribution in [0.5, 0.6) is 5.75 Å². The van der Waals surface area contributed by atoms with Gasteiger partial charge in [0.1, 0.15) is 11.4 Å². The second-order valence-corrected chi connectivity index (χ2v) is 6.37. The lowest BCUT2D eigenvalue weighted by molar-refractivity contribution is 0.0908. The van der Waals surface area contributed by atoms with Crippen molar-refractivity contribution in [1.82, 2.24) is 20.4 Å². The summed E-state index contributed by atoms with van der Waals surface area (Å²) in [6, 6.07) is 7.81. The molecule has 1 saturated heterocycles. The van der Waals surface area contributed by atoms with E-state index >= 15 is 0 Å². The number of hydrogen-bond acceptors (Lipinski definition) is 4. The third kappa shape index (κ3) is 4.32. The number of nitrogens with one attached hydrogen (secondary N) is 2. The lowest BCUT2D eigenvalue weighted by Crippen LogP contribution is -2.48. The summed E-state index contributed by atoms with van der Waals surface area (Å²) in [7, 11) is 1.63. The van der Waals surface area contributed by atoms with Crippen LogP contribution in [0.3, 0.4) is 0 Å². The van der Waals surface area contributed by atoms with Gasteiger partial charge in [0.2, 0.25) is 0 Å². The average Bonchev–Trinajstić information content (AvgIpc) is 3.07. The first-order valence-corrected chi connectivity index (χ1v) is 8.30. The molecule has 136 valence electrons. The normalized spacial score (nSPS) is 19.8. The number of nitrogens with zero attached hydrogens (tertiary/aromatic N) is 2. The molecule has 1 aromatic heterocycles. The van der Waals surface area contributed by atoms with Crippen LogP contribution in [0, 0.1) is 12.8 Å². The van der Waals surface area contributed by atoms with E-state index in [4.69, 9.17) is 4.74 Å².